The van der Waals surface area contributed by atoms with Crippen LogP contribution in [0.15, 0.2) is 0 Å². The quantitative estimate of drug-likeness (QED) is 0.574. The summed E-state index contributed by atoms with van der Waals surface area (Å²) in [6.07, 6.45) is 0.264. The highest BCUT2D eigenvalue weighted by Crippen LogP contribution is 2.44. The van der Waals surface area contributed by atoms with Gasteiger partial charge in [0.05, 0.1) is 25.2 Å². The molecule has 2 aliphatic rings. The lowest BCUT2D eigenvalue weighted by molar-refractivity contribution is -0.163. The van der Waals surface area contributed by atoms with E-state index < -0.39 is 5.92 Å². The van der Waals surface area contributed by atoms with Gasteiger partial charge in [-0.2, -0.15) is 0 Å². The van der Waals surface area contributed by atoms with Gasteiger partial charge in [0.25, 0.3) is 0 Å². The number of carbonyl (C=O) groups is 1. The molecular formula is C10H16O4. The molecule has 4 heteroatoms. The Balaban J connectivity index is 2.17. The van der Waals surface area contributed by atoms with Gasteiger partial charge in [-0.15, -0.1) is 0 Å². The first-order valence-electron chi connectivity index (χ1n) is 5.10. The highest BCUT2D eigenvalue weighted by molar-refractivity contribution is 5.73. The number of aliphatic hydroxyl groups excluding tert-OH is 2. The lowest BCUT2D eigenvalue weighted by Gasteiger charge is -2.32. The number of hydrogen-bond acceptors (Lipinski definition) is 4. The van der Waals surface area contributed by atoms with Crippen molar-refractivity contribution >= 4 is 5.97 Å². The third kappa shape index (κ3) is 1.33. The number of aliphatic hydroxyl groups is 2. The van der Waals surface area contributed by atoms with E-state index in [0.717, 1.165) is 0 Å². The van der Waals surface area contributed by atoms with Crippen LogP contribution >= 0.6 is 0 Å². The molecule has 5 atom stereocenters. The number of carbonyl (C=O) groups excluding carboxylic acids is 1. The van der Waals surface area contributed by atoms with Crippen LogP contribution in [-0.2, 0) is 9.53 Å². The summed E-state index contributed by atoms with van der Waals surface area (Å²) >= 11 is 0. The Kier molecular flexibility index (Phi) is 2.49. The highest BCUT2D eigenvalue weighted by atomic mass is 16.5. The van der Waals surface area contributed by atoms with Crippen molar-refractivity contribution in [2.45, 2.75) is 19.4 Å². The van der Waals surface area contributed by atoms with E-state index in [1.54, 1.807) is 0 Å². The fourth-order valence-electron chi connectivity index (χ4n) is 2.75. The van der Waals surface area contributed by atoms with E-state index in [9.17, 15) is 9.90 Å². The van der Waals surface area contributed by atoms with Gasteiger partial charge < -0.3 is 14.9 Å². The van der Waals surface area contributed by atoms with Gasteiger partial charge in [0.15, 0.2) is 0 Å². The molecule has 0 spiro atoms. The summed E-state index contributed by atoms with van der Waals surface area (Å²) in [5.74, 6) is -0.239. The maximum absolute atomic E-state index is 11.3. The number of hydrogen-bond donors (Lipinski definition) is 2. The van der Waals surface area contributed by atoms with E-state index in [1.165, 1.54) is 0 Å². The van der Waals surface area contributed by atoms with Crippen LogP contribution in [0, 0.1) is 23.7 Å². The molecule has 1 saturated carbocycles. The predicted molar refractivity (Wildman–Crippen MR) is 48.3 cm³/mol. The first kappa shape index (κ1) is 9.93. The Labute approximate surface area is 82.9 Å². The minimum absolute atomic E-state index is 0.103. The Morgan fingerprint density at radius 2 is 2.21 bits per heavy atom. The van der Waals surface area contributed by atoms with Gasteiger partial charge in [-0.05, 0) is 18.3 Å². The zero-order valence-corrected chi connectivity index (χ0v) is 8.22. The molecule has 0 bridgehead atoms. The van der Waals surface area contributed by atoms with Crippen LogP contribution in [0.3, 0.4) is 0 Å². The molecule has 80 valence electrons. The Morgan fingerprint density at radius 1 is 1.50 bits per heavy atom. The van der Waals surface area contributed by atoms with Crippen LogP contribution in [0.4, 0.5) is 0 Å². The van der Waals surface area contributed by atoms with E-state index in [2.05, 4.69) is 0 Å². The van der Waals surface area contributed by atoms with Gasteiger partial charge in [-0.3, -0.25) is 4.79 Å². The fraction of sp³-hybridized carbons (Fsp3) is 0.900. The van der Waals surface area contributed by atoms with Crippen molar-refractivity contribution in [1.29, 1.82) is 0 Å². The molecule has 0 unspecified atom stereocenters. The number of rotatable bonds is 1. The summed E-state index contributed by atoms with van der Waals surface area (Å²) in [7, 11) is 0. The van der Waals surface area contributed by atoms with Crippen LogP contribution in [0.2, 0.25) is 0 Å². The van der Waals surface area contributed by atoms with Crippen LogP contribution in [0.25, 0.3) is 0 Å². The van der Waals surface area contributed by atoms with E-state index in [0.29, 0.717) is 13.0 Å². The zero-order chi connectivity index (χ0) is 10.3. The lowest BCUT2D eigenvalue weighted by Crippen LogP contribution is -2.40. The summed E-state index contributed by atoms with van der Waals surface area (Å²) in [4.78, 5) is 11.3. The van der Waals surface area contributed by atoms with Crippen molar-refractivity contribution in [3.8, 4) is 0 Å². The molecule has 0 amide bonds. The smallest absolute Gasteiger partial charge is 0.311 e. The fourth-order valence-corrected chi connectivity index (χ4v) is 2.75. The maximum Gasteiger partial charge on any atom is 0.311 e. The van der Waals surface area contributed by atoms with Crippen molar-refractivity contribution in [3.05, 3.63) is 0 Å². The molecule has 0 aromatic heterocycles. The number of ether oxygens (including phenoxy) is 1. The summed E-state index contributed by atoms with van der Waals surface area (Å²) < 4.78 is 5.00. The molecule has 0 aromatic carbocycles. The second kappa shape index (κ2) is 3.51. The van der Waals surface area contributed by atoms with E-state index >= 15 is 0 Å². The average molecular weight is 200 g/mol. The predicted octanol–water partition coefficient (Wildman–Crippen LogP) is -0.215. The van der Waals surface area contributed by atoms with Crippen LogP contribution < -0.4 is 0 Å². The van der Waals surface area contributed by atoms with Crippen LogP contribution in [0.5, 0.6) is 0 Å². The largest absolute Gasteiger partial charge is 0.465 e. The Hall–Kier alpha value is -0.610. The summed E-state index contributed by atoms with van der Waals surface area (Å²) in [6.45, 7) is 2.21. The van der Waals surface area contributed by atoms with Crippen molar-refractivity contribution < 1.29 is 19.7 Å². The van der Waals surface area contributed by atoms with E-state index in [1.807, 2.05) is 6.92 Å². The summed E-state index contributed by atoms with van der Waals surface area (Å²) in [6, 6.07) is 0. The summed E-state index contributed by atoms with van der Waals surface area (Å²) in [5.41, 5.74) is 0. The van der Waals surface area contributed by atoms with Crippen LogP contribution in [-0.4, -0.2) is 35.5 Å². The minimum atomic E-state index is -0.423. The van der Waals surface area contributed by atoms with Crippen molar-refractivity contribution in [2.24, 2.45) is 23.7 Å². The molecular weight excluding hydrogens is 184 g/mol. The van der Waals surface area contributed by atoms with Gasteiger partial charge in [-0.25, -0.2) is 0 Å². The van der Waals surface area contributed by atoms with Crippen molar-refractivity contribution in [2.75, 3.05) is 13.2 Å². The van der Waals surface area contributed by atoms with Gasteiger partial charge in [0, 0.05) is 5.92 Å². The highest BCUT2D eigenvalue weighted by Gasteiger charge is 2.49. The molecule has 4 nitrogen and oxygen atoms in total. The molecule has 1 saturated heterocycles. The van der Waals surface area contributed by atoms with Crippen molar-refractivity contribution in [1.82, 2.24) is 0 Å². The molecule has 2 N–H and O–H groups in total. The number of cyclic esters (lactones) is 1. The number of fused-ring (bicyclic) bond motifs is 1. The van der Waals surface area contributed by atoms with E-state index in [4.69, 9.17) is 9.84 Å². The monoisotopic (exact) mass is 200 g/mol. The molecule has 1 heterocycles. The van der Waals surface area contributed by atoms with Crippen LogP contribution in [0.1, 0.15) is 13.3 Å². The second-order valence-corrected chi connectivity index (χ2v) is 4.41. The lowest BCUT2D eigenvalue weighted by atomic mass is 9.80. The van der Waals surface area contributed by atoms with Gasteiger partial charge in [-0.1, -0.05) is 6.92 Å². The third-order valence-electron chi connectivity index (χ3n) is 3.78. The maximum atomic E-state index is 11.3. The summed E-state index contributed by atoms with van der Waals surface area (Å²) in [5, 5.41) is 18.8. The molecule has 2 rings (SSSR count). The number of esters is 1. The van der Waals surface area contributed by atoms with E-state index in [-0.39, 0.29) is 36.4 Å². The first-order chi connectivity index (χ1) is 6.65. The normalized spacial score (nSPS) is 47.4. The SMILES string of the molecule is C[C@@H]1[C@@H]2COC(=O)[C@@H](CO)[C@@H]2C[C@@H]1O. The topological polar surface area (TPSA) is 66.8 Å². The van der Waals surface area contributed by atoms with Crippen molar-refractivity contribution in [3.63, 3.8) is 0 Å². The zero-order valence-electron chi connectivity index (χ0n) is 8.22. The van der Waals surface area contributed by atoms with Gasteiger partial charge in [0.2, 0.25) is 0 Å². The molecule has 2 fully saturated rings. The first-order valence-corrected chi connectivity index (χ1v) is 5.10. The van der Waals surface area contributed by atoms with Gasteiger partial charge >= 0.3 is 5.97 Å². The molecule has 0 aromatic rings. The molecule has 1 aliphatic carbocycles. The molecule has 14 heavy (non-hydrogen) atoms. The molecule has 0 radical (unpaired) electrons. The standard InChI is InChI=1S/C10H16O4/c1-5-8-4-14-10(13)7(3-11)6(8)2-9(5)12/h5-9,11-12H,2-4H2,1H3/t5-,6+,7+,8+,9+/m1/s1. The molecule has 1 aliphatic heterocycles. The third-order valence-corrected chi connectivity index (χ3v) is 3.78. The van der Waals surface area contributed by atoms with Gasteiger partial charge in [0.1, 0.15) is 0 Å². The Bertz CT molecular complexity index is 240. The minimum Gasteiger partial charge on any atom is -0.465 e. The second-order valence-electron chi connectivity index (χ2n) is 4.41. The Morgan fingerprint density at radius 3 is 2.86 bits per heavy atom. The average Bonchev–Trinajstić information content (AvgIpc) is 2.43.